The van der Waals surface area contributed by atoms with Gasteiger partial charge in [0.25, 0.3) is 5.56 Å². The van der Waals surface area contributed by atoms with Gasteiger partial charge in [0.2, 0.25) is 0 Å². The van der Waals surface area contributed by atoms with Gasteiger partial charge in [0.1, 0.15) is 22.9 Å². The highest BCUT2D eigenvalue weighted by atomic mass is 32.1. The summed E-state index contributed by atoms with van der Waals surface area (Å²) >= 11 is 1.61. The number of fused-ring (bicyclic) bond motifs is 1. The lowest BCUT2D eigenvalue weighted by Crippen LogP contribution is -2.29. The number of carbonyl (C=O) groups is 1. The van der Waals surface area contributed by atoms with Gasteiger partial charge < -0.3 is 14.0 Å². The molecule has 33 heavy (non-hydrogen) atoms. The van der Waals surface area contributed by atoms with Gasteiger partial charge in [-0.1, -0.05) is 6.07 Å². The van der Waals surface area contributed by atoms with Crippen molar-refractivity contribution in [2.75, 3.05) is 26.8 Å². The quantitative estimate of drug-likeness (QED) is 0.489. The summed E-state index contributed by atoms with van der Waals surface area (Å²) in [5.74, 6) is -1.60. The van der Waals surface area contributed by atoms with Gasteiger partial charge in [-0.05, 0) is 29.1 Å². The van der Waals surface area contributed by atoms with Crippen LogP contribution < -0.4 is 10.3 Å². The predicted octanol–water partition coefficient (Wildman–Crippen LogP) is 3.65. The molecule has 2 aromatic heterocycles. The lowest BCUT2D eigenvalue weighted by atomic mass is 10.1. The van der Waals surface area contributed by atoms with Gasteiger partial charge in [0, 0.05) is 61.7 Å². The molecule has 3 heterocycles. The Morgan fingerprint density at radius 3 is 2.61 bits per heavy atom. The van der Waals surface area contributed by atoms with E-state index in [1.165, 1.54) is 25.3 Å². The number of methoxy groups -OCH3 is 1. The fourth-order valence-corrected chi connectivity index (χ4v) is 4.75. The maximum atomic E-state index is 13.6. The van der Waals surface area contributed by atoms with Crippen molar-refractivity contribution in [2.24, 2.45) is 0 Å². The first-order valence-corrected chi connectivity index (χ1v) is 11.5. The van der Waals surface area contributed by atoms with Gasteiger partial charge >= 0.3 is 5.97 Å². The van der Waals surface area contributed by atoms with Crippen LogP contribution in [0, 0.1) is 11.6 Å². The molecule has 0 fully saturated rings. The molecular formula is C24H24F2N2O4S. The molecule has 0 aliphatic carbocycles. The zero-order valence-electron chi connectivity index (χ0n) is 18.2. The summed E-state index contributed by atoms with van der Waals surface area (Å²) in [4.78, 5) is 28.7. The van der Waals surface area contributed by atoms with Crippen molar-refractivity contribution in [1.82, 2.24) is 9.47 Å². The maximum Gasteiger partial charge on any atom is 0.343 e. The summed E-state index contributed by atoms with van der Waals surface area (Å²) in [7, 11) is 1.29. The molecule has 0 spiro atoms. The summed E-state index contributed by atoms with van der Waals surface area (Å²) in [5.41, 5.74) is 1.05. The van der Waals surface area contributed by atoms with Crippen LogP contribution in [-0.4, -0.2) is 42.2 Å². The molecule has 0 N–H and O–H groups in total. The number of hydrogen-bond acceptors (Lipinski definition) is 6. The zero-order valence-corrected chi connectivity index (χ0v) is 19.0. The Balaban J connectivity index is 1.56. The number of rotatable bonds is 7. The van der Waals surface area contributed by atoms with E-state index < -0.39 is 17.6 Å². The molecule has 4 rings (SSSR count). The number of pyridine rings is 1. The van der Waals surface area contributed by atoms with Gasteiger partial charge in [-0.2, -0.15) is 0 Å². The van der Waals surface area contributed by atoms with Crippen molar-refractivity contribution >= 4 is 17.3 Å². The monoisotopic (exact) mass is 474 g/mol. The number of hydrogen-bond donors (Lipinski definition) is 0. The van der Waals surface area contributed by atoms with E-state index in [1.54, 1.807) is 15.9 Å². The molecule has 0 bridgehead atoms. The van der Waals surface area contributed by atoms with Crippen LogP contribution in [0.1, 0.15) is 26.5 Å². The van der Waals surface area contributed by atoms with Crippen LogP contribution in [0.2, 0.25) is 0 Å². The highest BCUT2D eigenvalue weighted by molar-refractivity contribution is 7.09. The minimum atomic E-state index is -0.628. The number of aromatic nitrogens is 1. The van der Waals surface area contributed by atoms with E-state index >= 15 is 0 Å². The first-order valence-electron chi connectivity index (χ1n) is 10.6. The summed E-state index contributed by atoms with van der Waals surface area (Å²) < 4.78 is 39.6. The number of esters is 1. The average molecular weight is 475 g/mol. The molecule has 174 valence electrons. The molecule has 9 heteroatoms. The van der Waals surface area contributed by atoms with Gasteiger partial charge in [0.15, 0.2) is 0 Å². The Morgan fingerprint density at radius 2 is 1.91 bits per heavy atom. The summed E-state index contributed by atoms with van der Waals surface area (Å²) in [5, 5.41) is 1.98. The molecule has 1 aliphatic rings. The average Bonchev–Trinajstić information content (AvgIpc) is 3.20. The van der Waals surface area contributed by atoms with Crippen molar-refractivity contribution in [3.05, 3.63) is 85.5 Å². The van der Waals surface area contributed by atoms with Gasteiger partial charge in [0.05, 0.1) is 13.7 Å². The lowest BCUT2D eigenvalue weighted by Gasteiger charge is -2.19. The molecule has 0 atom stereocenters. The summed E-state index contributed by atoms with van der Waals surface area (Å²) in [6.07, 6.45) is 1.05. The standard InChI is InChI=1S/C24H24F2N2O4S/c1-31-24(30)23-20-4-6-27(15-16-11-17(25)13-18(26)12-16)7-8-28(20)22(29)14-21(23)32-9-5-19-3-2-10-33-19/h2-3,10-14H,4-9,15H2,1H3. The molecular weight excluding hydrogens is 450 g/mol. The van der Waals surface area contributed by atoms with E-state index in [-0.39, 0.29) is 16.9 Å². The van der Waals surface area contributed by atoms with Crippen molar-refractivity contribution in [2.45, 2.75) is 25.9 Å². The number of ether oxygens (including phenoxy) is 2. The Bertz CT molecular complexity index is 1170. The largest absolute Gasteiger partial charge is 0.492 e. The SMILES string of the molecule is COC(=O)c1c(OCCc2cccs2)cc(=O)n2c1CCN(Cc1cc(F)cc(F)c1)CC2. The Labute approximate surface area is 194 Å². The Morgan fingerprint density at radius 1 is 1.12 bits per heavy atom. The van der Waals surface area contributed by atoms with E-state index in [2.05, 4.69) is 0 Å². The number of carbonyl (C=O) groups excluding carboxylic acids is 1. The zero-order chi connectivity index (χ0) is 23.4. The smallest absolute Gasteiger partial charge is 0.343 e. The highest BCUT2D eigenvalue weighted by Gasteiger charge is 2.26. The van der Waals surface area contributed by atoms with Gasteiger partial charge in [-0.25, -0.2) is 13.6 Å². The van der Waals surface area contributed by atoms with Crippen LogP contribution in [0.3, 0.4) is 0 Å². The minimum absolute atomic E-state index is 0.218. The van der Waals surface area contributed by atoms with E-state index in [0.29, 0.717) is 56.9 Å². The molecule has 0 radical (unpaired) electrons. The van der Waals surface area contributed by atoms with Crippen molar-refractivity contribution < 1.29 is 23.0 Å². The summed E-state index contributed by atoms with van der Waals surface area (Å²) in [6, 6.07) is 8.73. The van der Waals surface area contributed by atoms with E-state index in [4.69, 9.17) is 9.47 Å². The second-order valence-corrected chi connectivity index (χ2v) is 8.83. The van der Waals surface area contributed by atoms with Crippen molar-refractivity contribution in [3.8, 4) is 5.75 Å². The second kappa shape index (κ2) is 10.3. The van der Waals surface area contributed by atoms with Crippen LogP contribution in [0.25, 0.3) is 0 Å². The maximum absolute atomic E-state index is 13.6. The number of thiophene rings is 1. The fourth-order valence-electron chi connectivity index (χ4n) is 4.06. The minimum Gasteiger partial charge on any atom is -0.492 e. The van der Waals surface area contributed by atoms with Crippen LogP contribution >= 0.6 is 11.3 Å². The third-order valence-corrected chi connectivity index (χ3v) is 6.53. The van der Waals surface area contributed by atoms with Crippen LogP contribution in [0.5, 0.6) is 5.75 Å². The molecule has 1 aliphatic heterocycles. The molecule has 0 amide bonds. The molecule has 0 saturated carbocycles. The molecule has 0 unspecified atom stereocenters. The first-order chi connectivity index (χ1) is 15.9. The molecule has 1 aromatic carbocycles. The van der Waals surface area contributed by atoms with Crippen LogP contribution in [-0.2, 0) is 30.7 Å². The number of nitrogens with zero attached hydrogens (tertiary/aromatic N) is 2. The molecule has 3 aromatic rings. The topological polar surface area (TPSA) is 60.8 Å². The Hall–Kier alpha value is -3.04. The Kier molecular flexibility index (Phi) is 7.20. The third kappa shape index (κ3) is 5.48. The first kappa shape index (κ1) is 23.1. The fraction of sp³-hybridized carbons (Fsp3) is 0.333. The highest BCUT2D eigenvalue weighted by Crippen LogP contribution is 2.25. The molecule has 0 saturated heterocycles. The normalized spacial score (nSPS) is 13.9. The van der Waals surface area contributed by atoms with E-state index in [0.717, 1.165) is 10.9 Å². The van der Waals surface area contributed by atoms with Gasteiger partial charge in [-0.15, -0.1) is 11.3 Å². The van der Waals surface area contributed by atoms with Crippen molar-refractivity contribution in [3.63, 3.8) is 0 Å². The second-order valence-electron chi connectivity index (χ2n) is 7.79. The molecule has 6 nitrogen and oxygen atoms in total. The number of benzene rings is 1. The predicted molar refractivity (Wildman–Crippen MR) is 121 cm³/mol. The van der Waals surface area contributed by atoms with E-state index in [9.17, 15) is 18.4 Å². The number of halogens is 2. The third-order valence-electron chi connectivity index (χ3n) is 5.59. The summed E-state index contributed by atoms with van der Waals surface area (Å²) in [6.45, 7) is 1.98. The van der Waals surface area contributed by atoms with Crippen LogP contribution in [0.15, 0.2) is 46.6 Å². The van der Waals surface area contributed by atoms with Crippen molar-refractivity contribution in [1.29, 1.82) is 0 Å². The van der Waals surface area contributed by atoms with E-state index in [1.807, 2.05) is 22.4 Å². The lowest BCUT2D eigenvalue weighted by molar-refractivity contribution is 0.0593. The van der Waals surface area contributed by atoms with Gasteiger partial charge in [-0.3, -0.25) is 9.69 Å². The van der Waals surface area contributed by atoms with Crippen LogP contribution in [0.4, 0.5) is 8.78 Å².